The summed E-state index contributed by atoms with van der Waals surface area (Å²) >= 11 is 0. The largest absolute Gasteiger partial charge is 0.497 e. The number of ether oxygens (including phenoxy) is 2. The monoisotopic (exact) mass is 629 g/mol. The minimum atomic E-state index is -4.20. The number of rotatable bonds is 15. The zero-order valence-corrected chi connectivity index (χ0v) is 26.6. The van der Waals surface area contributed by atoms with E-state index in [-0.39, 0.29) is 23.8 Å². The number of anilines is 1. The molecule has 1 atom stereocenters. The Morgan fingerprint density at radius 1 is 0.800 bits per heavy atom. The Hall–Kier alpha value is -4.83. The van der Waals surface area contributed by atoms with Crippen LogP contribution in [0.5, 0.6) is 11.5 Å². The lowest BCUT2D eigenvalue weighted by molar-refractivity contribution is -0.140. The van der Waals surface area contributed by atoms with Crippen molar-refractivity contribution in [2.24, 2.45) is 0 Å². The zero-order chi connectivity index (χ0) is 32.2. The average molecular weight is 630 g/mol. The Kier molecular flexibility index (Phi) is 11.6. The minimum Gasteiger partial charge on any atom is -0.497 e. The van der Waals surface area contributed by atoms with Gasteiger partial charge in [0.1, 0.15) is 24.1 Å². The number of methoxy groups -OCH3 is 1. The Balaban J connectivity index is 1.77. The second kappa shape index (κ2) is 15.8. The van der Waals surface area contributed by atoms with E-state index in [1.54, 1.807) is 61.7 Å². The van der Waals surface area contributed by atoms with Crippen molar-refractivity contribution in [2.75, 3.05) is 31.1 Å². The number of para-hydroxylation sites is 1. The van der Waals surface area contributed by atoms with Gasteiger partial charge in [-0.3, -0.25) is 13.9 Å². The van der Waals surface area contributed by atoms with Gasteiger partial charge in [-0.05, 0) is 73.5 Å². The van der Waals surface area contributed by atoms with Gasteiger partial charge in [0, 0.05) is 19.5 Å². The number of carbonyl (C=O) groups excluding carboxylic acids is 2. The van der Waals surface area contributed by atoms with Crippen molar-refractivity contribution < 1.29 is 27.5 Å². The molecule has 0 saturated heterocycles. The number of nitrogens with one attached hydrogen (secondary N) is 1. The van der Waals surface area contributed by atoms with Gasteiger partial charge in [0.15, 0.2) is 0 Å². The van der Waals surface area contributed by atoms with Gasteiger partial charge in [-0.1, -0.05) is 60.7 Å². The maximum atomic E-state index is 14.4. The summed E-state index contributed by atoms with van der Waals surface area (Å²) in [6.07, 6.45) is 0.235. The number of nitrogens with zero attached hydrogens (tertiary/aromatic N) is 2. The van der Waals surface area contributed by atoms with Crippen LogP contribution < -0.4 is 19.1 Å². The summed E-state index contributed by atoms with van der Waals surface area (Å²) in [4.78, 5) is 29.5. The molecule has 0 spiro atoms. The first kappa shape index (κ1) is 33.1. The lowest BCUT2D eigenvalue weighted by Crippen LogP contribution is -2.53. The van der Waals surface area contributed by atoms with Crippen molar-refractivity contribution >= 4 is 27.5 Å². The van der Waals surface area contributed by atoms with Crippen LogP contribution in [0.3, 0.4) is 0 Å². The number of benzene rings is 4. The number of hydrogen-bond donors (Lipinski definition) is 1. The van der Waals surface area contributed by atoms with Crippen molar-refractivity contribution in [2.45, 2.75) is 37.8 Å². The fraction of sp³-hybridized carbons (Fsp3) is 0.257. The van der Waals surface area contributed by atoms with Crippen molar-refractivity contribution in [3.63, 3.8) is 0 Å². The van der Waals surface area contributed by atoms with Crippen LogP contribution in [0.15, 0.2) is 114 Å². The third-order valence-corrected chi connectivity index (χ3v) is 8.94. The summed E-state index contributed by atoms with van der Waals surface area (Å²) < 4.78 is 40.2. The van der Waals surface area contributed by atoms with Crippen LogP contribution in [0.2, 0.25) is 0 Å². The van der Waals surface area contributed by atoms with Crippen LogP contribution in [-0.2, 0) is 32.6 Å². The van der Waals surface area contributed by atoms with E-state index >= 15 is 0 Å². The molecule has 0 aromatic heterocycles. The van der Waals surface area contributed by atoms with E-state index in [0.29, 0.717) is 30.3 Å². The molecule has 4 aromatic rings. The lowest BCUT2D eigenvalue weighted by Gasteiger charge is -2.34. The molecule has 0 fully saturated rings. The lowest BCUT2D eigenvalue weighted by atomic mass is 10.0. The molecule has 9 nitrogen and oxygen atoms in total. The standard InChI is InChI=1S/C35H39N3O6S/c1-4-36-35(40)33(24-27-13-8-6-9-14-27)37(25-28-15-12-18-31(23-28)43-3)34(39)26-38(29-16-10-7-11-17-29)45(41,42)32-21-19-30(20-22-32)44-5-2/h6-23,33H,4-5,24-26H2,1-3H3,(H,36,40)/t33-/m0/s1. The molecule has 0 saturated carbocycles. The number of sulfonamides is 1. The molecule has 2 amide bonds. The van der Waals surface area contributed by atoms with Crippen molar-refractivity contribution in [1.82, 2.24) is 10.2 Å². The molecule has 0 bridgehead atoms. The van der Waals surface area contributed by atoms with E-state index in [0.717, 1.165) is 15.4 Å². The normalized spacial score (nSPS) is 11.7. The van der Waals surface area contributed by atoms with Crippen LogP contribution in [0.25, 0.3) is 0 Å². The summed E-state index contributed by atoms with van der Waals surface area (Å²) in [6, 6.07) is 30.3. The van der Waals surface area contributed by atoms with Crippen LogP contribution in [0.4, 0.5) is 5.69 Å². The Bertz CT molecular complexity index is 1650. The second-order valence-corrected chi connectivity index (χ2v) is 12.1. The van der Waals surface area contributed by atoms with Gasteiger partial charge >= 0.3 is 0 Å². The van der Waals surface area contributed by atoms with E-state index in [2.05, 4.69) is 5.32 Å². The molecule has 0 radical (unpaired) electrons. The van der Waals surface area contributed by atoms with Crippen LogP contribution in [0, 0.1) is 0 Å². The highest BCUT2D eigenvalue weighted by Crippen LogP contribution is 2.26. The predicted octanol–water partition coefficient (Wildman–Crippen LogP) is 5.07. The summed E-state index contributed by atoms with van der Waals surface area (Å²) in [6.45, 7) is 3.98. The van der Waals surface area contributed by atoms with Crippen LogP contribution in [0.1, 0.15) is 25.0 Å². The van der Waals surface area contributed by atoms with Gasteiger partial charge in [0.05, 0.1) is 24.3 Å². The summed E-state index contributed by atoms with van der Waals surface area (Å²) in [5, 5.41) is 2.87. The van der Waals surface area contributed by atoms with Gasteiger partial charge in [-0.2, -0.15) is 0 Å². The third-order valence-electron chi connectivity index (χ3n) is 7.15. The Morgan fingerprint density at radius 2 is 1.44 bits per heavy atom. The van der Waals surface area contributed by atoms with E-state index in [4.69, 9.17) is 9.47 Å². The highest BCUT2D eigenvalue weighted by molar-refractivity contribution is 7.92. The van der Waals surface area contributed by atoms with E-state index < -0.39 is 28.5 Å². The molecular formula is C35H39N3O6S. The molecule has 0 unspecified atom stereocenters. The molecule has 0 heterocycles. The molecule has 45 heavy (non-hydrogen) atoms. The molecule has 0 aliphatic rings. The molecule has 1 N–H and O–H groups in total. The van der Waals surface area contributed by atoms with Gasteiger partial charge in [-0.25, -0.2) is 8.42 Å². The van der Waals surface area contributed by atoms with E-state index in [1.807, 2.05) is 56.3 Å². The molecule has 0 aliphatic carbocycles. The maximum Gasteiger partial charge on any atom is 0.264 e. The summed E-state index contributed by atoms with van der Waals surface area (Å²) in [5.41, 5.74) is 1.91. The first-order chi connectivity index (χ1) is 21.8. The smallest absolute Gasteiger partial charge is 0.264 e. The second-order valence-electron chi connectivity index (χ2n) is 10.2. The number of likely N-dealkylation sites (N-methyl/N-ethyl adjacent to an activating group) is 1. The van der Waals surface area contributed by atoms with Crippen LogP contribution >= 0.6 is 0 Å². The van der Waals surface area contributed by atoms with E-state index in [9.17, 15) is 18.0 Å². The van der Waals surface area contributed by atoms with Crippen molar-refractivity contribution in [3.05, 3.63) is 120 Å². The summed E-state index contributed by atoms with van der Waals surface area (Å²) in [7, 11) is -2.65. The van der Waals surface area contributed by atoms with Gasteiger partial charge in [-0.15, -0.1) is 0 Å². The zero-order valence-electron chi connectivity index (χ0n) is 25.8. The fourth-order valence-electron chi connectivity index (χ4n) is 4.94. The van der Waals surface area contributed by atoms with Gasteiger partial charge in [0.2, 0.25) is 11.8 Å². The van der Waals surface area contributed by atoms with Crippen molar-refractivity contribution in [1.29, 1.82) is 0 Å². The first-order valence-corrected chi connectivity index (χ1v) is 16.3. The molecule has 236 valence electrons. The third kappa shape index (κ3) is 8.63. The number of amides is 2. The Labute approximate surface area is 265 Å². The van der Waals surface area contributed by atoms with Gasteiger partial charge in [0.25, 0.3) is 10.0 Å². The minimum absolute atomic E-state index is 0.00603. The predicted molar refractivity (Wildman–Crippen MR) is 175 cm³/mol. The number of hydrogen-bond acceptors (Lipinski definition) is 6. The highest BCUT2D eigenvalue weighted by atomic mass is 32.2. The first-order valence-electron chi connectivity index (χ1n) is 14.8. The fourth-order valence-corrected chi connectivity index (χ4v) is 6.35. The SMILES string of the molecule is CCNC(=O)[C@H](Cc1ccccc1)N(Cc1cccc(OC)c1)C(=O)CN(c1ccccc1)S(=O)(=O)c1ccc(OCC)cc1. The highest BCUT2D eigenvalue weighted by Gasteiger charge is 2.34. The molecule has 4 rings (SSSR count). The molecule has 4 aromatic carbocycles. The Morgan fingerprint density at radius 3 is 2.07 bits per heavy atom. The van der Waals surface area contributed by atoms with Crippen LogP contribution in [-0.4, -0.2) is 58.0 Å². The quantitative estimate of drug-likeness (QED) is 0.197. The molecule has 0 aliphatic heterocycles. The van der Waals surface area contributed by atoms with Crippen molar-refractivity contribution in [3.8, 4) is 11.5 Å². The number of carbonyl (C=O) groups is 2. The average Bonchev–Trinajstić information content (AvgIpc) is 3.06. The molecular weight excluding hydrogens is 590 g/mol. The topological polar surface area (TPSA) is 105 Å². The van der Waals surface area contributed by atoms with Gasteiger partial charge < -0.3 is 19.7 Å². The summed E-state index contributed by atoms with van der Waals surface area (Å²) in [5.74, 6) is 0.261. The molecule has 10 heteroatoms. The van der Waals surface area contributed by atoms with E-state index in [1.165, 1.54) is 17.0 Å². The maximum absolute atomic E-state index is 14.4.